The number of carbonyl (C=O) groups excluding carboxylic acids is 3. The van der Waals surface area contributed by atoms with Crippen LogP contribution in [-0.2, 0) is 9.59 Å². The van der Waals surface area contributed by atoms with Crippen LogP contribution in [0.25, 0.3) is 0 Å². The SMILES string of the molecule is CC1CCNCC1NC(=O)CN1C(=O)NC(C)(C2CC2)C1=O.Cl. The average molecular weight is 345 g/mol. The van der Waals surface area contributed by atoms with Crippen molar-refractivity contribution in [2.75, 3.05) is 19.6 Å². The van der Waals surface area contributed by atoms with Gasteiger partial charge in [-0.1, -0.05) is 6.92 Å². The van der Waals surface area contributed by atoms with Gasteiger partial charge in [0.25, 0.3) is 5.91 Å². The predicted octanol–water partition coefficient (Wildman–Crippen LogP) is 0.243. The molecule has 2 aliphatic heterocycles. The molecule has 0 aromatic rings. The first kappa shape index (κ1) is 18.0. The molecule has 4 amide bonds. The van der Waals surface area contributed by atoms with Gasteiger partial charge < -0.3 is 16.0 Å². The van der Waals surface area contributed by atoms with Gasteiger partial charge in [-0.3, -0.25) is 14.5 Å². The molecule has 1 saturated carbocycles. The second-order valence-corrected chi connectivity index (χ2v) is 6.94. The van der Waals surface area contributed by atoms with Gasteiger partial charge in [0.05, 0.1) is 0 Å². The second-order valence-electron chi connectivity index (χ2n) is 6.94. The summed E-state index contributed by atoms with van der Waals surface area (Å²) in [5, 5.41) is 8.93. The first-order valence-electron chi connectivity index (χ1n) is 8.06. The molecule has 23 heavy (non-hydrogen) atoms. The summed E-state index contributed by atoms with van der Waals surface area (Å²) in [7, 11) is 0. The van der Waals surface area contributed by atoms with Crippen LogP contribution in [0.15, 0.2) is 0 Å². The third kappa shape index (κ3) is 3.45. The smallest absolute Gasteiger partial charge is 0.325 e. The molecule has 0 aromatic carbocycles. The summed E-state index contributed by atoms with van der Waals surface area (Å²) >= 11 is 0. The number of halogens is 1. The summed E-state index contributed by atoms with van der Waals surface area (Å²) in [6.07, 6.45) is 2.91. The zero-order valence-corrected chi connectivity index (χ0v) is 14.4. The lowest BCUT2D eigenvalue weighted by atomic mass is 9.95. The Kier molecular flexibility index (Phi) is 5.20. The van der Waals surface area contributed by atoms with Crippen LogP contribution < -0.4 is 16.0 Å². The number of rotatable bonds is 4. The van der Waals surface area contributed by atoms with Crippen molar-refractivity contribution in [3.8, 4) is 0 Å². The van der Waals surface area contributed by atoms with E-state index in [4.69, 9.17) is 0 Å². The Morgan fingerprint density at radius 2 is 2.04 bits per heavy atom. The monoisotopic (exact) mass is 344 g/mol. The molecule has 7 nitrogen and oxygen atoms in total. The van der Waals surface area contributed by atoms with Crippen LogP contribution in [0.2, 0.25) is 0 Å². The number of piperidine rings is 1. The number of hydrogen-bond acceptors (Lipinski definition) is 4. The standard InChI is InChI=1S/C15H24N4O3.ClH/c1-9-5-6-16-7-11(9)17-12(20)8-19-13(21)15(2,10-3-4-10)18-14(19)22;/h9-11,16H,3-8H2,1-2H3,(H,17,20)(H,18,22);1H. The number of imide groups is 1. The molecule has 3 N–H and O–H groups in total. The van der Waals surface area contributed by atoms with Crippen LogP contribution in [0.5, 0.6) is 0 Å². The lowest BCUT2D eigenvalue weighted by Gasteiger charge is -2.30. The van der Waals surface area contributed by atoms with Gasteiger partial charge in [-0.15, -0.1) is 12.4 Å². The van der Waals surface area contributed by atoms with Crippen molar-refractivity contribution < 1.29 is 14.4 Å². The molecule has 0 bridgehead atoms. The van der Waals surface area contributed by atoms with Gasteiger partial charge >= 0.3 is 6.03 Å². The van der Waals surface area contributed by atoms with Crippen LogP contribution in [0, 0.1) is 11.8 Å². The van der Waals surface area contributed by atoms with Crippen molar-refractivity contribution in [2.24, 2.45) is 11.8 Å². The van der Waals surface area contributed by atoms with Crippen molar-refractivity contribution in [2.45, 2.75) is 44.7 Å². The zero-order chi connectivity index (χ0) is 15.9. The van der Waals surface area contributed by atoms with E-state index in [1.165, 1.54) is 0 Å². The molecule has 0 radical (unpaired) electrons. The maximum absolute atomic E-state index is 12.5. The first-order valence-corrected chi connectivity index (χ1v) is 8.06. The summed E-state index contributed by atoms with van der Waals surface area (Å²) in [5.74, 6) is 0.0543. The average Bonchev–Trinajstić information content (AvgIpc) is 3.28. The lowest BCUT2D eigenvalue weighted by Crippen LogP contribution is -2.53. The Hall–Kier alpha value is -1.34. The van der Waals surface area contributed by atoms with Crippen molar-refractivity contribution in [3.05, 3.63) is 0 Å². The minimum atomic E-state index is -0.822. The largest absolute Gasteiger partial charge is 0.350 e. The molecule has 1 aliphatic carbocycles. The summed E-state index contributed by atoms with van der Waals surface area (Å²) < 4.78 is 0. The minimum Gasteiger partial charge on any atom is -0.350 e. The Balaban J connectivity index is 0.00000192. The highest BCUT2D eigenvalue weighted by molar-refractivity contribution is 6.09. The maximum Gasteiger partial charge on any atom is 0.325 e. The predicted molar refractivity (Wildman–Crippen MR) is 87.2 cm³/mol. The van der Waals surface area contributed by atoms with Gasteiger partial charge in [0.15, 0.2) is 0 Å². The fourth-order valence-electron chi connectivity index (χ4n) is 3.38. The summed E-state index contributed by atoms with van der Waals surface area (Å²) in [6, 6.07) is -0.402. The molecule has 0 spiro atoms. The van der Waals surface area contributed by atoms with E-state index in [2.05, 4.69) is 22.9 Å². The molecule has 2 saturated heterocycles. The molecular weight excluding hydrogens is 320 g/mol. The Bertz CT molecular complexity index is 511. The number of amides is 4. The van der Waals surface area contributed by atoms with Gasteiger partial charge in [-0.25, -0.2) is 4.79 Å². The van der Waals surface area contributed by atoms with Crippen molar-refractivity contribution in [1.82, 2.24) is 20.9 Å². The topological polar surface area (TPSA) is 90.5 Å². The molecule has 3 atom stereocenters. The number of urea groups is 1. The quantitative estimate of drug-likeness (QED) is 0.637. The summed E-state index contributed by atoms with van der Waals surface area (Å²) in [6.45, 7) is 5.35. The van der Waals surface area contributed by atoms with Crippen molar-refractivity contribution in [1.29, 1.82) is 0 Å². The van der Waals surface area contributed by atoms with E-state index in [0.717, 1.165) is 37.3 Å². The van der Waals surface area contributed by atoms with Crippen molar-refractivity contribution >= 4 is 30.3 Å². The normalized spacial score (nSPS) is 33.9. The van der Waals surface area contributed by atoms with Crippen molar-refractivity contribution in [3.63, 3.8) is 0 Å². The minimum absolute atomic E-state index is 0. The number of nitrogens with one attached hydrogen (secondary N) is 3. The van der Waals surface area contributed by atoms with E-state index >= 15 is 0 Å². The molecule has 8 heteroatoms. The third-order valence-corrected chi connectivity index (χ3v) is 5.17. The Morgan fingerprint density at radius 1 is 1.35 bits per heavy atom. The van der Waals surface area contributed by atoms with Gasteiger partial charge in [-0.2, -0.15) is 0 Å². The molecule has 130 valence electrons. The van der Waals surface area contributed by atoms with E-state index in [9.17, 15) is 14.4 Å². The van der Waals surface area contributed by atoms with E-state index in [0.29, 0.717) is 5.92 Å². The molecular formula is C15H25ClN4O3. The first-order chi connectivity index (χ1) is 10.4. The van der Waals surface area contributed by atoms with Crippen LogP contribution in [0.3, 0.4) is 0 Å². The highest BCUT2D eigenvalue weighted by Crippen LogP contribution is 2.42. The lowest BCUT2D eigenvalue weighted by molar-refractivity contribution is -0.135. The van der Waals surface area contributed by atoms with Gasteiger partial charge in [0.1, 0.15) is 12.1 Å². The molecule has 3 fully saturated rings. The number of nitrogens with zero attached hydrogens (tertiary/aromatic N) is 1. The second kappa shape index (κ2) is 6.65. The molecule has 3 unspecified atom stereocenters. The molecule has 3 aliphatic rings. The van der Waals surface area contributed by atoms with Crippen LogP contribution in [-0.4, -0.2) is 54.0 Å². The Morgan fingerprint density at radius 3 is 2.65 bits per heavy atom. The summed E-state index contributed by atoms with van der Waals surface area (Å²) in [5.41, 5.74) is -0.822. The third-order valence-electron chi connectivity index (χ3n) is 5.17. The van der Waals surface area contributed by atoms with E-state index in [1.54, 1.807) is 6.92 Å². The number of carbonyl (C=O) groups is 3. The van der Waals surface area contributed by atoms with Crippen LogP contribution in [0.1, 0.15) is 33.1 Å². The highest BCUT2D eigenvalue weighted by Gasteiger charge is 2.56. The molecule has 0 aromatic heterocycles. The zero-order valence-electron chi connectivity index (χ0n) is 13.6. The molecule has 2 heterocycles. The van der Waals surface area contributed by atoms with Crippen LogP contribution in [0.4, 0.5) is 4.79 Å². The van der Waals surface area contributed by atoms with Gasteiger partial charge in [-0.05, 0) is 44.6 Å². The highest BCUT2D eigenvalue weighted by atomic mass is 35.5. The maximum atomic E-state index is 12.5. The summed E-state index contributed by atoms with van der Waals surface area (Å²) in [4.78, 5) is 37.7. The van der Waals surface area contributed by atoms with E-state index in [1.807, 2.05) is 0 Å². The fraction of sp³-hybridized carbons (Fsp3) is 0.800. The van der Waals surface area contributed by atoms with E-state index < -0.39 is 11.6 Å². The van der Waals surface area contributed by atoms with Gasteiger partial charge in [0, 0.05) is 12.6 Å². The number of hydrogen-bond donors (Lipinski definition) is 3. The van der Waals surface area contributed by atoms with Crippen LogP contribution >= 0.6 is 12.4 Å². The van der Waals surface area contributed by atoms with Gasteiger partial charge in [0.2, 0.25) is 5.91 Å². The van der Waals surface area contributed by atoms with E-state index in [-0.39, 0.29) is 42.7 Å². The molecule has 3 rings (SSSR count). The Labute approximate surface area is 142 Å². The fourth-order valence-corrected chi connectivity index (χ4v) is 3.38.